The highest BCUT2D eigenvalue weighted by Gasteiger charge is 2.42. The first-order chi connectivity index (χ1) is 17.3. The fourth-order valence-corrected chi connectivity index (χ4v) is 6.56. The zero-order valence-electron chi connectivity index (χ0n) is 25.0. The minimum atomic E-state index is -3.50. The Hall–Kier alpha value is -1.91. The molecule has 0 fully saturated rings. The van der Waals surface area contributed by atoms with Gasteiger partial charge < -0.3 is 14.8 Å². The van der Waals surface area contributed by atoms with Crippen molar-refractivity contribution >= 4 is 35.9 Å². The number of unbranched alkanes of at least 4 members (excludes halogenated alkanes) is 1. The Balaban J connectivity index is 3.34. The largest absolute Gasteiger partial charge is 0.481 e. The van der Waals surface area contributed by atoms with Crippen LogP contribution in [0.1, 0.15) is 84.5 Å². The molecule has 0 unspecified atom stereocenters. The molecule has 0 aliphatic heterocycles. The van der Waals surface area contributed by atoms with Crippen LogP contribution in [0.3, 0.4) is 0 Å². The van der Waals surface area contributed by atoms with Gasteiger partial charge in [-0.1, -0.05) is 61.0 Å². The molecule has 1 amide bonds. The molecule has 0 aromatic heterocycles. The van der Waals surface area contributed by atoms with Gasteiger partial charge in [0, 0.05) is 12.6 Å². The van der Waals surface area contributed by atoms with Crippen molar-refractivity contribution in [2.45, 2.75) is 104 Å². The lowest BCUT2D eigenvalue weighted by atomic mass is 9.92. The summed E-state index contributed by atoms with van der Waals surface area (Å²) in [5.74, 6) is -1.61. The number of hydrogen-bond acceptors (Lipinski definition) is 5. The molecule has 1 aromatic carbocycles. The summed E-state index contributed by atoms with van der Waals surface area (Å²) in [6.07, 6.45) is 1.74. The summed E-state index contributed by atoms with van der Waals surface area (Å²) < 4.78 is 33.4. The van der Waals surface area contributed by atoms with Crippen molar-refractivity contribution < 1.29 is 27.5 Å². The zero-order chi connectivity index (χ0) is 29.5. The van der Waals surface area contributed by atoms with E-state index in [0.29, 0.717) is 24.1 Å². The molecular formula is C28H50N2O6SSi. The number of carboxylic acid groups (broad SMARTS) is 1. The fourth-order valence-electron chi connectivity index (χ4n) is 3.83. The van der Waals surface area contributed by atoms with Gasteiger partial charge in [-0.05, 0) is 61.5 Å². The molecule has 8 nitrogen and oxygen atoms in total. The summed E-state index contributed by atoms with van der Waals surface area (Å²) >= 11 is 0. The molecule has 0 saturated heterocycles. The number of sulfonamides is 1. The number of carbonyl (C=O) groups excluding carboxylic acids is 1. The number of amides is 1. The van der Waals surface area contributed by atoms with E-state index in [9.17, 15) is 23.1 Å². The predicted octanol–water partition coefficient (Wildman–Crippen LogP) is 5.90. The van der Waals surface area contributed by atoms with Crippen molar-refractivity contribution in [1.29, 1.82) is 0 Å². The molecule has 3 atom stereocenters. The Bertz CT molecular complexity index is 1040. The number of nitrogens with one attached hydrogen (secondary N) is 1. The van der Waals surface area contributed by atoms with E-state index in [1.165, 1.54) is 11.4 Å². The molecule has 0 aliphatic carbocycles. The van der Waals surface area contributed by atoms with Gasteiger partial charge in [0.2, 0.25) is 10.0 Å². The third-order valence-electron chi connectivity index (χ3n) is 7.40. The van der Waals surface area contributed by atoms with Crippen LogP contribution in [-0.2, 0) is 19.2 Å². The summed E-state index contributed by atoms with van der Waals surface area (Å²) in [7, 11) is -4.28. The molecule has 1 aromatic rings. The van der Waals surface area contributed by atoms with Crippen molar-refractivity contribution in [3.8, 4) is 0 Å². The van der Waals surface area contributed by atoms with E-state index in [4.69, 9.17) is 4.43 Å². The van der Waals surface area contributed by atoms with Crippen LogP contribution in [0.4, 0.5) is 5.69 Å². The van der Waals surface area contributed by atoms with Gasteiger partial charge in [0.25, 0.3) is 5.91 Å². The summed E-state index contributed by atoms with van der Waals surface area (Å²) in [4.78, 5) is 25.2. The number of anilines is 1. The Labute approximate surface area is 231 Å². The second-order valence-corrected chi connectivity index (χ2v) is 19.2. The lowest BCUT2D eigenvalue weighted by Gasteiger charge is -2.42. The first-order valence-corrected chi connectivity index (χ1v) is 18.1. The van der Waals surface area contributed by atoms with E-state index in [-0.39, 0.29) is 29.0 Å². The van der Waals surface area contributed by atoms with Crippen LogP contribution in [0, 0.1) is 11.8 Å². The first kappa shape index (κ1) is 34.1. The fraction of sp³-hybridized carbons (Fsp3) is 0.714. The van der Waals surface area contributed by atoms with E-state index >= 15 is 0 Å². The molecule has 218 valence electrons. The van der Waals surface area contributed by atoms with Crippen molar-refractivity contribution in [3.63, 3.8) is 0 Å². The number of hydrogen-bond donors (Lipinski definition) is 2. The SMILES string of the molecule is CCCCS(=O)(=O)N(C)c1cccc(C(=O)N[C@@H](CC(C)C)[C@H](C[C@@H](C)C(=O)O)O[Si](C)(C)C(C)(C)C)c1. The zero-order valence-corrected chi connectivity index (χ0v) is 26.8. The van der Waals surface area contributed by atoms with Crippen LogP contribution < -0.4 is 9.62 Å². The van der Waals surface area contributed by atoms with E-state index in [1.807, 2.05) is 6.92 Å². The summed E-state index contributed by atoms with van der Waals surface area (Å²) in [5, 5.41) is 12.7. The number of carbonyl (C=O) groups is 2. The van der Waals surface area contributed by atoms with Crippen LogP contribution in [0.2, 0.25) is 18.1 Å². The molecule has 0 bridgehead atoms. The third kappa shape index (κ3) is 10.0. The second kappa shape index (κ2) is 13.9. The highest BCUT2D eigenvalue weighted by atomic mass is 32.2. The van der Waals surface area contributed by atoms with Crippen LogP contribution in [-0.4, -0.2) is 58.7 Å². The first-order valence-electron chi connectivity index (χ1n) is 13.6. The number of aliphatic carboxylic acids is 1. The monoisotopic (exact) mass is 570 g/mol. The Kier molecular flexibility index (Phi) is 12.5. The minimum Gasteiger partial charge on any atom is -0.481 e. The molecule has 0 saturated carbocycles. The van der Waals surface area contributed by atoms with E-state index in [0.717, 1.165) is 6.42 Å². The van der Waals surface area contributed by atoms with Gasteiger partial charge in [0.05, 0.1) is 29.5 Å². The van der Waals surface area contributed by atoms with E-state index in [2.05, 4.69) is 53.0 Å². The molecule has 2 N–H and O–H groups in total. The molecule has 0 spiro atoms. The second-order valence-electron chi connectivity index (χ2n) is 12.3. The number of carboxylic acids is 1. The topological polar surface area (TPSA) is 113 Å². The van der Waals surface area contributed by atoms with Gasteiger partial charge in [-0.25, -0.2) is 8.42 Å². The summed E-state index contributed by atoms with van der Waals surface area (Å²) in [6, 6.07) is 6.16. The Morgan fingerprint density at radius 2 is 1.74 bits per heavy atom. The molecule has 10 heteroatoms. The van der Waals surface area contributed by atoms with Crippen LogP contribution in [0.15, 0.2) is 24.3 Å². The maximum absolute atomic E-state index is 13.5. The molecular weight excluding hydrogens is 520 g/mol. The van der Waals surface area contributed by atoms with Gasteiger partial charge in [-0.2, -0.15) is 0 Å². The maximum Gasteiger partial charge on any atom is 0.306 e. The molecule has 0 aliphatic rings. The van der Waals surface area contributed by atoms with Gasteiger partial charge >= 0.3 is 5.97 Å². The summed E-state index contributed by atoms with van der Waals surface area (Å²) in [6.45, 7) is 18.3. The molecule has 0 heterocycles. The minimum absolute atomic E-state index is 0.0428. The van der Waals surface area contributed by atoms with Gasteiger partial charge in [-0.15, -0.1) is 0 Å². The van der Waals surface area contributed by atoms with Crippen LogP contribution in [0.5, 0.6) is 0 Å². The average molecular weight is 571 g/mol. The van der Waals surface area contributed by atoms with Crippen molar-refractivity contribution in [2.75, 3.05) is 17.1 Å². The Morgan fingerprint density at radius 3 is 2.24 bits per heavy atom. The standard InChI is InChI=1S/C28H50N2O6SSi/c1-11-12-16-37(34,35)30(8)23-15-13-14-22(19-23)26(31)29-24(17-20(2)3)25(18-21(4)27(32)33)36-38(9,10)28(5,6)7/h13-15,19-21,24-25H,11-12,16-18H2,1-10H3,(H,29,31)(H,32,33)/t21-,24+,25+/m1/s1. The number of benzene rings is 1. The van der Waals surface area contributed by atoms with E-state index in [1.54, 1.807) is 31.2 Å². The highest BCUT2D eigenvalue weighted by Crippen LogP contribution is 2.39. The van der Waals surface area contributed by atoms with Crippen molar-refractivity contribution in [1.82, 2.24) is 5.32 Å². The predicted molar refractivity (Wildman–Crippen MR) is 158 cm³/mol. The normalized spacial score (nSPS) is 15.1. The van der Waals surface area contributed by atoms with Crippen LogP contribution >= 0.6 is 0 Å². The quantitative estimate of drug-likeness (QED) is 0.254. The van der Waals surface area contributed by atoms with Crippen molar-refractivity contribution in [3.05, 3.63) is 29.8 Å². The molecule has 0 radical (unpaired) electrons. The molecule has 38 heavy (non-hydrogen) atoms. The number of rotatable bonds is 15. The van der Waals surface area contributed by atoms with Gasteiger partial charge in [0.15, 0.2) is 8.32 Å². The lowest BCUT2D eigenvalue weighted by molar-refractivity contribution is -0.142. The smallest absolute Gasteiger partial charge is 0.306 e. The van der Waals surface area contributed by atoms with Crippen LogP contribution in [0.25, 0.3) is 0 Å². The third-order valence-corrected chi connectivity index (χ3v) is 13.7. The lowest BCUT2D eigenvalue weighted by Crippen LogP contribution is -2.53. The van der Waals surface area contributed by atoms with Crippen molar-refractivity contribution in [2.24, 2.45) is 11.8 Å². The van der Waals surface area contributed by atoms with E-state index < -0.39 is 42.4 Å². The average Bonchev–Trinajstić information content (AvgIpc) is 2.80. The Morgan fingerprint density at radius 1 is 1.13 bits per heavy atom. The summed E-state index contributed by atoms with van der Waals surface area (Å²) in [5.41, 5.74) is 0.758. The molecule has 1 rings (SSSR count). The number of nitrogens with zero attached hydrogens (tertiary/aromatic N) is 1. The van der Waals surface area contributed by atoms with Gasteiger partial charge in [0.1, 0.15) is 0 Å². The maximum atomic E-state index is 13.5. The highest BCUT2D eigenvalue weighted by molar-refractivity contribution is 7.92. The van der Waals surface area contributed by atoms with Gasteiger partial charge in [-0.3, -0.25) is 13.9 Å².